The van der Waals surface area contributed by atoms with Gasteiger partial charge in [-0.3, -0.25) is 14.9 Å². The fourth-order valence-corrected chi connectivity index (χ4v) is 2.95. The number of rotatable bonds is 7. The number of benzene rings is 2. The third kappa shape index (κ3) is 4.08. The molecule has 1 amide bonds. The number of aromatic hydroxyl groups is 1. The summed E-state index contributed by atoms with van der Waals surface area (Å²) < 4.78 is 6.97. The molecule has 1 N–H and O–H groups in total. The molecule has 0 radical (unpaired) electrons. The van der Waals surface area contributed by atoms with Gasteiger partial charge in [0.2, 0.25) is 5.88 Å². The molecule has 0 saturated heterocycles. The van der Waals surface area contributed by atoms with Gasteiger partial charge in [-0.1, -0.05) is 13.3 Å². The molecule has 1 aromatic heterocycles. The van der Waals surface area contributed by atoms with Crippen LogP contribution in [0.4, 0.5) is 11.4 Å². The minimum absolute atomic E-state index is 0.0815. The third-order valence-corrected chi connectivity index (χ3v) is 4.52. The van der Waals surface area contributed by atoms with Gasteiger partial charge in [0, 0.05) is 29.6 Å². The van der Waals surface area contributed by atoms with Crippen LogP contribution >= 0.6 is 0 Å². The first kappa shape index (κ1) is 20.0. The Kier molecular flexibility index (Phi) is 5.87. The molecular weight excluding hydrogens is 376 g/mol. The Bertz CT molecular complexity index is 1090. The van der Waals surface area contributed by atoms with E-state index in [1.54, 1.807) is 16.7 Å². The summed E-state index contributed by atoms with van der Waals surface area (Å²) in [6.07, 6.45) is 1.81. The van der Waals surface area contributed by atoms with Crippen molar-refractivity contribution in [2.45, 2.75) is 26.3 Å². The quantitative estimate of drug-likeness (QED) is 0.343. The zero-order valence-electron chi connectivity index (χ0n) is 16.0. The van der Waals surface area contributed by atoms with E-state index in [2.05, 4.69) is 17.2 Å². The first-order valence-electron chi connectivity index (χ1n) is 9.06. The molecule has 3 rings (SSSR count). The fourth-order valence-electron chi connectivity index (χ4n) is 2.95. The Labute approximate surface area is 166 Å². The highest BCUT2D eigenvalue weighted by Crippen LogP contribution is 2.40. The Morgan fingerprint density at radius 3 is 2.59 bits per heavy atom. The molecule has 0 bridgehead atoms. The van der Waals surface area contributed by atoms with Gasteiger partial charge in [-0.05, 0) is 36.8 Å². The number of carbonyl (C=O) groups is 1. The molecule has 0 unspecified atom stereocenters. The lowest BCUT2D eigenvalue weighted by Crippen LogP contribution is -1.96. The molecule has 29 heavy (non-hydrogen) atoms. The summed E-state index contributed by atoms with van der Waals surface area (Å²) in [5.41, 5.74) is 0.965. The second-order valence-electron chi connectivity index (χ2n) is 6.37. The van der Waals surface area contributed by atoms with E-state index in [1.165, 1.54) is 31.4 Å². The minimum Gasteiger partial charge on any atom is -0.497 e. The number of unbranched alkanes of at least 4 members (excludes halogenated alkanes) is 1. The summed E-state index contributed by atoms with van der Waals surface area (Å²) in [6.45, 7) is 2.65. The van der Waals surface area contributed by atoms with Crippen LogP contribution in [0.2, 0.25) is 0 Å². The zero-order valence-corrected chi connectivity index (χ0v) is 16.0. The lowest BCUT2D eigenvalue weighted by atomic mass is 10.2. The first-order valence-corrected chi connectivity index (χ1v) is 9.06. The molecule has 1 heterocycles. The van der Waals surface area contributed by atoms with Gasteiger partial charge in [-0.25, -0.2) is 0 Å². The number of azo groups is 1. The Morgan fingerprint density at radius 2 is 1.97 bits per heavy atom. The maximum absolute atomic E-state index is 12.3. The number of fused-ring (bicyclic) bond motifs is 1. The highest BCUT2D eigenvalue weighted by molar-refractivity contribution is 5.98. The van der Waals surface area contributed by atoms with Crippen molar-refractivity contribution in [3.05, 3.63) is 58.1 Å². The molecule has 150 valence electrons. The summed E-state index contributed by atoms with van der Waals surface area (Å²) in [5, 5.41) is 29.7. The number of ether oxygens (including phenoxy) is 1. The monoisotopic (exact) mass is 396 g/mol. The van der Waals surface area contributed by atoms with Crippen molar-refractivity contribution in [3.8, 4) is 11.6 Å². The van der Waals surface area contributed by atoms with Crippen molar-refractivity contribution in [2.75, 3.05) is 7.11 Å². The number of nitro benzene ring substituents is 1. The number of hydrogen-bond donors (Lipinski definition) is 1. The Balaban J connectivity index is 1.98. The van der Waals surface area contributed by atoms with Gasteiger partial charge in [-0.15, -0.1) is 10.2 Å². The van der Waals surface area contributed by atoms with Gasteiger partial charge < -0.3 is 14.4 Å². The number of hydrogen-bond acceptors (Lipinski definition) is 6. The third-order valence-electron chi connectivity index (χ3n) is 4.52. The number of non-ortho nitro benzene ring substituents is 1. The average molecular weight is 396 g/mol. The number of amides is 1. The molecule has 2 aromatic carbocycles. The highest BCUT2D eigenvalue weighted by atomic mass is 16.6. The van der Waals surface area contributed by atoms with Crippen LogP contribution in [0.5, 0.6) is 11.6 Å². The van der Waals surface area contributed by atoms with Crippen molar-refractivity contribution in [1.82, 2.24) is 4.57 Å². The molecule has 0 aliphatic carbocycles. The van der Waals surface area contributed by atoms with E-state index in [9.17, 15) is 20.0 Å². The van der Waals surface area contributed by atoms with E-state index in [0.717, 1.165) is 18.4 Å². The smallest absolute Gasteiger partial charge is 0.295 e. The number of aromatic nitrogens is 1. The standard InChI is InChI=1S/C20H20N4O5/c1-3-4-11-23-17-10-9-15(29-2)12-16(17)18(20(23)26)21-22-19(25)13-5-7-14(8-6-13)24(27)28/h5-10,12,26H,3-4,11H2,1-2H3. The van der Waals surface area contributed by atoms with Crippen molar-refractivity contribution >= 4 is 28.2 Å². The number of carbonyl (C=O) groups excluding carboxylic acids is 1. The topological polar surface area (TPSA) is 119 Å². The lowest BCUT2D eigenvalue weighted by molar-refractivity contribution is -0.384. The number of methoxy groups -OCH3 is 1. The van der Waals surface area contributed by atoms with Crippen molar-refractivity contribution in [3.63, 3.8) is 0 Å². The molecule has 9 nitrogen and oxygen atoms in total. The lowest BCUT2D eigenvalue weighted by Gasteiger charge is -2.05. The molecule has 0 aliphatic rings. The molecular formula is C20H20N4O5. The largest absolute Gasteiger partial charge is 0.497 e. The summed E-state index contributed by atoms with van der Waals surface area (Å²) in [4.78, 5) is 22.5. The van der Waals surface area contributed by atoms with E-state index >= 15 is 0 Å². The second kappa shape index (κ2) is 8.51. The number of aryl methyl sites for hydroxylation is 1. The molecule has 0 spiro atoms. The maximum Gasteiger partial charge on any atom is 0.295 e. The number of nitrogens with zero attached hydrogens (tertiary/aromatic N) is 4. The molecule has 9 heteroatoms. The van der Waals surface area contributed by atoms with Gasteiger partial charge in [0.25, 0.3) is 11.6 Å². The van der Waals surface area contributed by atoms with Crippen LogP contribution in [0.1, 0.15) is 30.1 Å². The van der Waals surface area contributed by atoms with Crippen LogP contribution in [0.25, 0.3) is 10.9 Å². The summed E-state index contributed by atoms with van der Waals surface area (Å²) in [5.74, 6) is -0.165. The zero-order chi connectivity index (χ0) is 21.0. The van der Waals surface area contributed by atoms with E-state index in [1.807, 2.05) is 6.07 Å². The fraction of sp³-hybridized carbons (Fsp3) is 0.250. The van der Waals surface area contributed by atoms with Crippen LogP contribution in [0.15, 0.2) is 52.7 Å². The summed E-state index contributed by atoms with van der Waals surface area (Å²) >= 11 is 0. The van der Waals surface area contributed by atoms with Crippen LogP contribution in [-0.2, 0) is 6.54 Å². The Morgan fingerprint density at radius 1 is 1.24 bits per heavy atom. The first-order chi connectivity index (χ1) is 14.0. The Hall–Kier alpha value is -3.75. The van der Waals surface area contributed by atoms with Crippen LogP contribution in [0.3, 0.4) is 0 Å². The van der Waals surface area contributed by atoms with Gasteiger partial charge >= 0.3 is 0 Å². The molecule has 0 atom stereocenters. The van der Waals surface area contributed by atoms with E-state index < -0.39 is 10.8 Å². The number of nitro groups is 1. The van der Waals surface area contributed by atoms with Gasteiger partial charge in [0.1, 0.15) is 5.75 Å². The van der Waals surface area contributed by atoms with Gasteiger partial charge in [0.15, 0.2) is 5.69 Å². The van der Waals surface area contributed by atoms with E-state index in [0.29, 0.717) is 17.7 Å². The summed E-state index contributed by atoms with van der Waals surface area (Å²) in [7, 11) is 1.54. The summed E-state index contributed by atoms with van der Waals surface area (Å²) in [6, 6.07) is 10.4. The van der Waals surface area contributed by atoms with Gasteiger partial charge in [-0.2, -0.15) is 0 Å². The van der Waals surface area contributed by atoms with E-state index in [4.69, 9.17) is 4.74 Å². The SMILES string of the molecule is CCCCn1c(O)c(N=NC(=O)c2ccc([N+](=O)[O-])cc2)c2cc(OC)ccc21. The van der Waals surface area contributed by atoms with E-state index in [-0.39, 0.29) is 22.8 Å². The molecule has 0 saturated carbocycles. The van der Waals surface area contributed by atoms with Crippen LogP contribution < -0.4 is 4.74 Å². The van der Waals surface area contributed by atoms with Crippen LogP contribution in [-0.4, -0.2) is 27.6 Å². The predicted molar refractivity (Wildman–Crippen MR) is 107 cm³/mol. The van der Waals surface area contributed by atoms with Crippen LogP contribution in [0, 0.1) is 10.1 Å². The van der Waals surface area contributed by atoms with Crippen molar-refractivity contribution in [1.29, 1.82) is 0 Å². The second-order valence-corrected chi connectivity index (χ2v) is 6.37. The minimum atomic E-state index is -0.670. The predicted octanol–water partition coefficient (Wildman–Crippen LogP) is 4.99. The normalized spacial score (nSPS) is 11.2. The maximum atomic E-state index is 12.3. The van der Waals surface area contributed by atoms with Crippen molar-refractivity contribution in [2.24, 2.45) is 10.2 Å². The van der Waals surface area contributed by atoms with Crippen molar-refractivity contribution < 1.29 is 19.6 Å². The molecule has 3 aromatic rings. The molecule has 0 fully saturated rings. The molecule has 0 aliphatic heterocycles. The highest BCUT2D eigenvalue weighted by Gasteiger charge is 2.18. The average Bonchev–Trinajstić information content (AvgIpc) is 3.00. The van der Waals surface area contributed by atoms with Gasteiger partial charge in [0.05, 0.1) is 17.5 Å².